The molecule has 0 fully saturated rings. The second-order valence-electron chi connectivity index (χ2n) is 6.73. The van der Waals surface area contributed by atoms with Crippen LogP contribution in [0.25, 0.3) is 5.00 Å². The van der Waals surface area contributed by atoms with Gasteiger partial charge in [-0.25, -0.2) is 4.79 Å². The number of fused-ring (bicyclic) bond motifs is 1. The molecule has 0 atom stereocenters. The third-order valence-electron chi connectivity index (χ3n) is 3.84. The molecule has 6 heteroatoms. The summed E-state index contributed by atoms with van der Waals surface area (Å²) >= 11 is 1.72. The van der Waals surface area contributed by atoms with Crippen LogP contribution in [0.2, 0.25) is 0 Å². The fourth-order valence-corrected chi connectivity index (χ4v) is 4.18. The molecule has 3 heterocycles. The summed E-state index contributed by atoms with van der Waals surface area (Å²) in [6.07, 6.45) is 4.65. The Balaban J connectivity index is 1.86. The number of rotatable bonds is 2. The first-order valence-electron chi connectivity index (χ1n) is 7.84. The van der Waals surface area contributed by atoms with Crippen molar-refractivity contribution in [2.24, 2.45) is 5.73 Å². The van der Waals surface area contributed by atoms with Crippen LogP contribution in [0.4, 0.5) is 4.79 Å². The molecule has 3 rings (SSSR count). The van der Waals surface area contributed by atoms with E-state index in [4.69, 9.17) is 10.5 Å². The molecular weight excluding hydrogens is 310 g/mol. The van der Waals surface area contributed by atoms with Crippen molar-refractivity contribution in [3.8, 4) is 5.00 Å². The Morgan fingerprint density at radius 1 is 1.35 bits per heavy atom. The average molecular weight is 333 g/mol. The lowest BCUT2D eigenvalue weighted by molar-refractivity contribution is 0.0226. The SMILES string of the molecule is CC(C)(C)OC(=O)N1CCc2c(sc(-n3cccc3)c2CN)C1. The average Bonchev–Trinajstić information content (AvgIpc) is 3.11. The van der Waals surface area contributed by atoms with E-state index in [9.17, 15) is 4.79 Å². The second kappa shape index (κ2) is 6.02. The number of thiophene rings is 1. The summed E-state index contributed by atoms with van der Waals surface area (Å²) in [6, 6.07) is 4.01. The topological polar surface area (TPSA) is 60.5 Å². The minimum absolute atomic E-state index is 0.242. The fourth-order valence-electron chi connectivity index (χ4n) is 2.83. The summed E-state index contributed by atoms with van der Waals surface area (Å²) in [7, 11) is 0. The monoisotopic (exact) mass is 333 g/mol. The van der Waals surface area contributed by atoms with Gasteiger partial charge < -0.3 is 19.9 Å². The van der Waals surface area contributed by atoms with Gasteiger partial charge >= 0.3 is 6.09 Å². The van der Waals surface area contributed by atoms with Crippen molar-refractivity contribution in [1.29, 1.82) is 0 Å². The minimum Gasteiger partial charge on any atom is -0.444 e. The molecule has 0 spiro atoms. The lowest BCUT2D eigenvalue weighted by Crippen LogP contribution is -2.39. The standard InChI is InChI=1S/C17H23N3O2S/c1-17(2,3)22-16(21)20-9-6-12-13(10-18)15(23-14(12)11-20)19-7-4-5-8-19/h4-5,7-8H,6,9-11,18H2,1-3H3. The maximum absolute atomic E-state index is 12.3. The number of hydrogen-bond donors (Lipinski definition) is 1. The van der Waals surface area contributed by atoms with Gasteiger partial charge in [-0.2, -0.15) is 0 Å². The first-order valence-corrected chi connectivity index (χ1v) is 8.65. The van der Waals surface area contributed by atoms with Gasteiger partial charge in [0.2, 0.25) is 0 Å². The van der Waals surface area contributed by atoms with E-state index in [0.717, 1.165) is 11.4 Å². The number of carbonyl (C=O) groups is 1. The highest BCUT2D eigenvalue weighted by molar-refractivity contribution is 7.14. The predicted octanol–water partition coefficient (Wildman–Crippen LogP) is 3.29. The van der Waals surface area contributed by atoms with Gasteiger partial charge in [0.05, 0.1) is 6.54 Å². The van der Waals surface area contributed by atoms with Crippen LogP contribution >= 0.6 is 11.3 Å². The second-order valence-corrected chi connectivity index (χ2v) is 7.82. The van der Waals surface area contributed by atoms with Crippen LogP contribution in [0.3, 0.4) is 0 Å². The highest BCUT2D eigenvalue weighted by atomic mass is 32.1. The molecule has 0 saturated carbocycles. The molecule has 1 aliphatic heterocycles. The fraction of sp³-hybridized carbons (Fsp3) is 0.471. The van der Waals surface area contributed by atoms with E-state index < -0.39 is 5.60 Å². The van der Waals surface area contributed by atoms with Crippen LogP contribution in [0.5, 0.6) is 0 Å². The van der Waals surface area contributed by atoms with Gasteiger partial charge in [0.1, 0.15) is 10.6 Å². The van der Waals surface area contributed by atoms with E-state index >= 15 is 0 Å². The van der Waals surface area contributed by atoms with Crippen LogP contribution in [0, 0.1) is 0 Å². The number of aromatic nitrogens is 1. The van der Waals surface area contributed by atoms with E-state index in [-0.39, 0.29) is 6.09 Å². The summed E-state index contributed by atoms with van der Waals surface area (Å²) < 4.78 is 7.59. The quantitative estimate of drug-likeness (QED) is 0.917. The number of carbonyl (C=O) groups excluding carboxylic acids is 1. The molecule has 0 aromatic carbocycles. The van der Waals surface area contributed by atoms with E-state index in [1.807, 2.05) is 45.3 Å². The molecule has 2 aromatic heterocycles. The van der Waals surface area contributed by atoms with Crippen LogP contribution in [-0.2, 0) is 24.2 Å². The molecule has 23 heavy (non-hydrogen) atoms. The first-order chi connectivity index (χ1) is 10.9. The van der Waals surface area contributed by atoms with Gasteiger partial charge in [0.25, 0.3) is 0 Å². The normalized spacial score (nSPS) is 14.7. The Hall–Kier alpha value is -1.79. The molecule has 0 saturated heterocycles. The van der Waals surface area contributed by atoms with Crippen LogP contribution in [0.15, 0.2) is 24.5 Å². The van der Waals surface area contributed by atoms with Gasteiger partial charge in [0, 0.05) is 35.9 Å². The highest BCUT2D eigenvalue weighted by Gasteiger charge is 2.29. The van der Waals surface area contributed by atoms with Crippen molar-refractivity contribution < 1.29 is 9.53 Å². The van der Waals surface area contributed by atoms with Gasteiger partial charge in [-0.15, -0.1) is 11.3 Å². The van der Waals surface area contributed by atoms with Gasteiger partial charge in [-0.05, 0) is 44.9 Å². The highest BCUT2D eigenvalue weighted by Crippen LogP contribution is 2.36. The summed E-state index contributed by atoms with van der Waals surface area (Å²) in [5.74, 6) is 0. The van der Waals surface area contributed by atoms with Gasteiger partial charge in [-0.3, -0.25) is 0 Å². The van der Waals surface area contributed by atoms with Crippen molar-refractivity contribution in [2.45, 2.75) is 45.9 Å². The predicted molar refractivity (Wildman–Crippen MR) is 91.9 cm³/mol. The molecule has 0 bridgehead atoms. The molecular formula is C17H23N3O2S. The van der Waals surface area contributed by atoms with Gasteiger partial charge in [0.15, 0.2) is 0 Å². The minimum atomic E-state index is -0.467. The Labute approximate surface area is 140 Å². The summed E-state index contributed by atoms with van der Waals surface area (Å²) in [6.45, 7) is 7.47. The van der Waals surface area contributed by atoms with Crippen molar-refractivity contribution in [3.05, 3.63) is 40.5 Å². The van der Waals surface area contributed by atoms with Crippen LogP contribution in [-0.4, -0.2) is 27.7 Å². The largest absolute Gasteiger partial charge is 0.444 e. The van der Waals surface area contributed by atoms with E-state index in [0.29, 0.717) is 19.6 Å². The number of ether oxygens (including phenoxy) is 1. The summed E-state index contributed by atoms with van der Waals surface area (Å²) in [5, 5.41) is 1.16. The molecule has 0 radical (unpaired) electrons. The Bertz CT molecular complexity index is 698. The van der Waals surface area contributed by atoms with Crippen molar-refractivity contribution in [2.75, 3.05) is 6.54 Å². The zero-order valence-corrected chi connectivity index (χ0v) is 14.7. The van der Waals surface area contributed by atoms with Crippen molar-refractivity contribution in [1.82, 2.24) is 9.47 Å². The maximum Gasteiger partial charge on any atom is 0.410 e. The van der Waals surface area contributed by atoms with E-state index in [2.05, 4.69) is 4.57 Å². The molecule has 0 aliphatic carbocycles. The Kier molecular flexibility index (Phi) is 4.21. The molecule has 1 amide bonds. The number of hydrogen-bond acceptors (Lipinski definition) is 4. The zero-order chi connectivity index (χ0) is 16.6. The third kappa shape index (κ3) is 3.28. The molecule has 0 unspecified atom stereocenters. The maximum atomic E-state index is 12.3. The van der Waals surface area contributed by atoms with Crippen molar-refractivity contribution >= 4 is 17.4 Å². The summed E-state index contributed by atoms with van der Waals surface area (Å²) in [4.78, 5) is 15.3. The molecule has 2 aromatic rings. The zero-order valence-electron chi connectivity index (χ0n) is 13.8. The van der Waals surface area contributed by atoms with Gasteiger partial charge in [-0.1, -0.05) is 0 Å². The Morgan fingerprint density at radius 3 is 2.65 bits per heavy atom. The van der Waals surface area contributed by atoms with E-state index in [1.54, 1.807) is 16.2 Å². The number of nitrogens with zero attached hydrogens (tertiary/aromatic N) is 2. The summed E-state index contributed by atoms with van der Waals surface area (Å²) in [5.41, 5.74) is 8.03. The molecule has 2 N–H and O–H groups in total. The number of nitrogens with two attached hydrogens (primary N) is 1. The lowest BCUT2D eigenvalue weighted by Gasteiger charge is -2.30. The molecule has 5 nitrogen and oxygen atoms in total. The lowest BCUT2D eigenvalue weighted by atomic mass is 10.0. The van der Waals surface area contributed by atoms with Crippen LogP contribution in [0.1, 0.15) is 36.8 Å². The van der Waals surface area contributed by atoms with E-state index in [1.165, 1.54) is 16.0 Å². The first kappa shape index (κ1) is 16.1. The number of amides is 1. The smallest absolute Gasteiger partial charge is 0.410 e. The van der Waals surface area contributed by atoms with Crippen molar-refractivity contribution in [3.63, 3.8) is 0 Å². The molecule has 124 valence electrons. The third-order valence-corrected chi connectivity index (χ3v) is 5.11. The molecule has 1 aliphatic rings. The van der Waals surface area contributed by atoms with Crippen LogP contribution < -0.4 is 5.73 Å². The Morgan fingerprint density at radius 2 is 2.04 bits per heavy atom.